The number of anilines is 1. The Bertz CT molecular complexity index is 1020. The van der Waals surface area contributed by atoms with Crippen molar-refractivity contribution in [3.8, 4) is 5.75 Å². The number of halogens is 2. The number of nitrogens with one attached hydrogen (secondary N) is 1. The number of carbonyl (C=O) groups is 2. The van der Waals surface area contributed by atoms with Crippen molar-refractivity contribution in [1.82, 2.24) is 0 Å². The lowest BCUT2D eigenvalue weighted by atomic mass is 9.88. The van der Waals surface area contributed by atoms with Gasteiger partial charge in [-0.25, -0.2) is 18.4 Å². The van der Waals surface area contributed by atoms with Gasteiger partial charge in [-0.1, -0.05) is 24.6 Å². The highest BCUT2D eigenvalue weighted by Gasteiger charge is 2.28. The molecule has 2 N–H and O–H groups in total. The van der Waals surface area contributed by atoms with E-state index in [0.717, 1.165) is 12.1 Å². The van der Waals surface area contributed by atoms with E-state index in [4.69, 9.17) is 19.3 Å². The number of ether oxygens (including phenoxy) is 3. The van der Waals surface area contributed by atoms with E-state index in [1.165, 1.54) is 0 Å². The molecule has 1 amide bonds. The van der Waals surface area contributed by atoms with Crippen LogP contribution >= 0.6 is 0 Å². The van der Waals surface area contributed by atoms with Crippen molar-refractivity contribution < 1.29 is 37.7 Å². The molecule has 7 nitrogen and oxygen atoms in total. The number of hydrogen-bond acceptors (Lipinski definition) is 6. The minimum atomic E-state index is -0.954. The summed E-state index contributed by atoms with van der Waals surface area (Å²) in [6, 6.07) is 9.44. The first kappa shape index (κ1) is 26.8. The molecule has 0 saturated carbocycles. The van der Waals surface area contributed by atoms with E-state index in [1.807, 2.05) is 0 Å². The number of aliphatic hydroxyl groups excluding tert-OH is 1. The van der Waals surface area contributed by atoms with Crippen LogP contribution in [0.5, 0.6) is 5.75 Å². The summed E-state index contributed by atoms with van der Waals surface area (Å²) in [7, 11) is 0. The van der Waals surface area contributed by atoms with Crippen LogP contribution in [0, 0.1) is 17.6 Å². The van der Waals surface area contributed by atoms with Crippen LogP contribution in [0.15, 0.2) is 53.6 Å². The summed E-state index contributed by atoms with van der Waals surface area (Å²) in [5, 5.41) is 11.2. The zero-order valence-corrected chi connectivity index (χ0v) is 19.6. The lowest BCUT2D eigenvalue weighted by Gasteiger charge is -2.26. The van der Waals surface area contributed by atoms with Gasteiger partial charge in [0.05, 0.1) is 18.9 Å². The van der Waals surface area contributed by atoms with E-state index in [2.05, 4.69) is 5.32 Å². The third kappa shape index (κ3) is 7.28. The SMILES string of the molecule is CCOC(=O)/C(C)=C(\C)[C@H](C)[C@@H](OC(=O)Nc1ccc(F)cc1F)c1ccc(OCCO)cc1. The molecular formula is C25H29F2NO6. The molecule has 0 aliphatic carbocycles. The van der Waals surface area contributed by atoms with Crippen LogP contribution in [0.1, 0.15) is 39.4 Å². The molecule has 0 bridgehead atoms. The number of amides is 1. The maximum Gasteiger partial charge on any atom is 0.412 e. The number of benzene rings is 2. The lowest BCUT2D eigenvalue weighted by Crippen LogP contribution is -2.24. The van der Waals surface area contributed by atoms with Gasteiger partial charge in [-0.3, -0.25) is 5.32 Å². The first-order valence-electron chi connectivity index (χ1n) is 10.8. The molecular weight excluding hydrogens is 448 g/mol. The van der Waals surface area contributed by atoms with E-state index in [0.29, 0.717) is 28.5 Å². The Kier molecular flexibility index (Phi) is 10.0. The molecule has 2 aromatic rings. The minimum Gasteiger partial charge on any atom is -0.491 e. The molecule has 34 heavy (non-hydrogen) atoms. The molecule has 2 atom stereocenters. The van der Waals surface area contributed by atoms with Gasteiger partial charge in [0, 0.05) is 17.6 Å². The summed E-state index contributed by atoms with van der Waals surface area (Å²) in [4.78, 5) is 24.8. The fraction of sp³-hybridized carbons (Fsp3) is 0.360. The van der Waals surface area contributed by atoms with E-state index in [9.17, 15) is 18.4 Å². The highest BCUT2D eigenvalue weighted by atomic mass is 19.1. The average molecular weight is 478 g/mol. The van der Waals surface area contributed by atoms with E-state index >= 15 is 0 Å². The molecule has 0 radical (unpaired) electrons. The Balaban J connectivity index is 2.33. The third-order valence-electron chi connectivity index (χ3n) is 5.28. The number of esters is 1. The second-order valence-electron chi connectivity index (χ2n) is 7.53. The van der Waals surface area contributed by atoms with Crippen molar-refractivity contribution in [3.63, 3.8) is 0 Å². The second kappa shape index (κ2) is 12.7. The van der Waals surface area contributed by atoms with Gasteiger partial charge in [0.1, 0.15) is 30.1 Å². The maximum absolute atomic E-state index is 14.0. The average Bonchev–Trinajstić information content (AvgIpc) is 2.82. The Morgan fingerprint density at radius 2 is 1.76 bits per heavy atom. The van der Waals surface area contributed by atoms with E-state index < -0.39 is 35.7 Å². The Morgan fingerprint density at radius 3 is 2.35 bits per heavy atom. The molecule has 0 fully saturated rings. The van der Waals surface area contributed by atoms with Gasteiger partial charge in [-0.05, 0) is 50.6 Å². The normalized spacial score (nSPS) is 13.4. The molecule has 0 aliphatic heterocycles. The van der Waals surface area contributed by atoms with Crippen molar-refractivity contribution >= 4 is 17.7 Å². The van der Waals surface area contributed by atoms with Crippen molar-refractivity contribution in [2.45, 2.75) is 33.8 Å². The van der Waals surface area contributed by atoms with Crippen LogP contribution in [0.4, 0.5) is 19.3 Å². The Labute approximate surface area is 197 Å². The topological polar surface area (TPSA) is 94.1 Å². The van der Waals surface area contributed by atoms with Crippen LogP contribution in [-0.4, -0.2) is 37.0 Å². The van der Waals surface area contributed by atoms with Crippen molar-refractivity contribution in [2.75, 3.05) is 25.1 Å². The van der Waals surface area contributed by atoms with E-state index in [-0.39, 0.29) is 25.5 Å². The number of aliphatic hydroxyl groups is 1. The van der Waals surface area contributed by atoms with Crippen molar-refractivity contribution in [3.05, 3.63) is 70.8 Å². The summed E-state index contributed by atoms with van der Waals surface area (Å²) in [6.45, 7) is 7.06. The summed E-state index contributed by atoms with van der Waals surface area (Å²) in [6.07, 6.45) is -1.82. The molecule has 2 rings (SSSR count). The van der Waals surface area contributed by atoms with Crippen molar-refractivity contribution in [1.29, 1.82) is 0 Å². The van der Waals surface area contributed by atoms with Gasteiger partial charge in [0.2, 0.25) is 0 Å². The first-order chi connectivity index (χ1) is 16.2. The fourth-order valence-electron chi connectivity index (χ4n) is 3.19. The highest BCUT2D eigenvalue weighted by Crippen LogP contribution is 2.34. The third-order valence-corrected chi connectivity index (χ3v) is 5.28. The van der Waals surface area contributed by atoms with Crippen LogP contribution < -0.4 is 10.1 Å². The number of carbonyl (C=O) groups excluding carboxylic acids is 2. The molecule has 9 heteroatoms. The molecule has 184 valence electrons. The summed E-state index contributed by atoms with van der Waals surface area (Å²) in [5.74, 6) is -2.14. The smallest absolute Gasteiger partial charge is 0.412 e. The zero-order valence-electron chi connectivity index (χ0n) is 19.6. The molecule has 0 unspecified atom stereocenters. The van der Waals surface area contributed by atoms with Gasteiger partial charge in [-0.2, -0.15) is 0 Å². The van der Waals surface area contributed by atoms with Crippen molar-refractivity contribution in [2.24, 2.45) is 5.92 Å². The van der Waals surface area contributed by atoms with Gasteiger partial charge in [0.25, 0.3) is 0 Å². The lowest BCUT2D eigenvalue weighted by molar-refractivity contribution is -0.138. The second-order valence-corrected chi connectivity index (χ2v) is 7.53. The molecule has 2 aromatic carbocycles. The molecule has 0 aromatic heterocycles. The van der Waals surface area contributed by atoms with E-state index in [1.54, 1.807) is 52.0 Å². The van der Waals surface area contributed by atoms with Gasteiger partial charge >= 0.3 is 12.1 Å². The monoisotopic (exact) mass is 477 g/mol. The largest absolute Gasteiger partial charge is 0.491 e. The summed E-state index contributed by atoms with van der Waals surface area (Å²) in [5.41, 5.74) is 1.38. The quantitative estimate of drug-likeness (QED) is 0.363. The molecule has 0 aliphatic rings. The predicted molar refractivity (Wildman–Crippen MR) is 122 cm³/mol. The first-order valence-corrected chi connectivity index (χ1v) is 10.8. The molecule has 0 spiro atoms. The maximum atomic E-state index is 14.0. The van der Waals surface area contributed by atoms with Crippen LogP contribution in [0.25, 0.3) is 0 Å². The van der Waals surface area contributed by atoms with Gasteiger partial charge in [0.15, 0.2) is 0 Å². The number of rotatable bonds is 10. The zero-order chi connectivity index (χ0) is 25.3. The fourth-order valence-corrected chi connectivity index (χ4v) is 3.19. The van der Waals surface area contributed by atoms with Gasteiger partial charge in [-0.15, -0.1) is 0 Å². The Hall–Kier alpha value is -3.46. The Morgan fingerprint density at radius 1 is 1.09 bits per heavy atom. The van der Waals surface area contributed by atoms with Gasteiger partial charge < -0.3 is 19.3 Å². The minimum absolute atomic E-state index is 0.127. The van der Waals surface area contributed by atoms with Crippen LogP contribution in [-0.2, 0) is 14.3 Å². The molecule has 0 heterocycles. The van der Waals surface area contributed by atoms with Crippen LogP contribution in [0.2, 0.25) is 0 Å². The molecule has 0 saturated heterocycles. The number of hydrogen-bond donors (Lipinski definition) is 2. The summed E-state index contributed by atoms with van der Waals surface area (Å²) >= 11 is 0. The van der Waals surface area contributed by atoms with Crippen LogP contribution in [0.3, 0.4) is 0 Å². The highest BCUT2D eigenvalue weighted by molar-refractivity contribution is 5.88. The predicted octanol–water partition coefficient (Wildman–Crippen LogP) is 5.16. The summed E-state index contributed by atoms with van der Waals surface area (Å²) < 4.78 is 43.2. The standard InChI is InChI=1S/C25H29F2NO6/c1-5-32-24(30)17(4)15(2)16(3)23(18-6-9-20(10-7-18)33-13-12-29)34-25(31)28-22-11-8-19(26)14-21(22)27/h6-11,14,16,23,29H,5,12-13H2,1-4H3,(H,28,31)/b17-15+/t16-,23+/m0/s1.